The number of aromatic nitrogens is 1. The summed E-state index contributed by atoms with van der Waals surface area (Å²) in [5.74, 6) is 0.374. The summed E-state index contributed by atoms with van der Waals surface area (Å²) < 4.78 is 27.7. The van der Waals surface area contributed by atoms with Gasteiger partial charge in [-0.2, -0.15) is 0 Å². The molecule has 0 fully saturated rings. The first kappa shape index (κ1) is 15.9. The molecule has 0 radical (unpaired) electrons. The van der Waals surface area contributed by atoms with Crippen molar-refractivity contribution in [3.8, 4) is 0 Å². The molecular formula is C15H23N3O2S. The third-order valence-electron chi connectivity index (χ3n) is 4.24. The average Bonchev–Trinajstić information content (AvgIpc) is 2.80. The van der Waals surface area contributed by atoms with Gasteiger partial charge in [0.2, 0.25) is 10.0 Å². The zero-order valence-corrected chi connectivity index (χ0v) is 13.7. The van der Waals surface area contributed by atoms with Gasteiger partial charge in [0, 0.05) is 29.3 Å². The second-order valence-corrected chi connectivity index (χ2v) is 8.16. The molecule has 0 saturated heterocycles. The lowest BCUT2D eigenvalue weighted by atomic mass is 9.81. The Morgan fingerprint density at radius 1 is 1.33 bits per heavy atom. The Labute approximate surface area is 126 Å². The fourth-order valence-electron chi connectivity index (χ4n) is 1.90. The SMILES string of the molecule is CC(C)C(C)(C)CNS(=O)(=O)c1c[nH]c2ccc(N)cc12. The van der Waals surface area contributed by atoms with Gasteiger partial charge in [0.25, 0.3) is 0 Å². The van der Waals surface area contributed by atoms with Crippen molar-refractivity contribution < 1.29 is 8.42 Å². The predicted molar refractivity (Wildman–Crippen MR) is 86.5 cm³/mol. The highest BCUT2D eigenvalue weighted by Crippen LogP contribution is 2.27. The summed E-state index contributed by atoms with van der Waals surface area (Å²) >= 11 is 0. The average molecular weight is 309 g/mol. The summed E-state index contributed by atoms with van der Waals surface area (Å²) in [7, 11) is -3.56. The van der Waals surface area contributed by atoms with Crippen LogP contribution >= 0.6 is 0 Å². The fourth-order valence-corrected chi connectivity index (χ4v) is 3.29. The standard InChI is InChI=1S/C15H23N3O2S/c1-10(2)15(3,4)9-18-21(19,20)14-8-17-13-6-5-11(16)7-12(13)14/h5-8,10,17-18H,9,16H2,1-4H3. The molecule has 0 aliphatic carbocycles. The van der Waals surface area contributed by atoms with Gasteiger partial charge >= 0.3 is 0 Å². The van der Waals surface area contributed by atoms with Crippen molar-refractivity contribution in [3.05, 3.63) is 24.4 Å². The van der Waals surface area contributed by atoms with Crippen molar-refractivity contribution in [1.82, 2.24) is 9.71 Å². The van der Waals surface area contributed by atoms with E-state index in [0.717, 1.165) is 5.52 Å². The molecule has 0 spiro atoms. The highest BCUT2D eigenvalue weighted by molar-refractivity contribution is 7.89. The van der Waals surface area contributed by atoms with Gasteiger partial charge in [0.1, 0.15) is 4.90 Å². The van der Waals surface area contributed by atoms with Crippen LogP contribution in [-0.2, 0) is 10.0 Å². The summed E-state index contributed by atoms with van der Waals surface area (Å²) in [5.41, 5.74) is 6.94. The minimum atomic E-state index is -3.56. The Morgan fingerprint density at radius 3 is 2.62 bits per heavy atom. The molecule has 0 unspecified atom stereocenters. The van der Waals surface area contributed by atoms with Gasteiger partial charge in [0.05, 0.1) is 0 Å². The quantitative estimate of drug-likeness (QED) is 0.742. The third kappa shape index (κ3) is 3.22. The van der Waals surface area contributed by atoms with E-state index in [1.807, 2.05) is 13.8 Å². The lowest BCUT2D eigenvalue weighted by Gasteiger charge is -2.29. The van der Waals surface area contributed by atoms with Gasteiger partial charge in [0.15, 0.2) is 0 Å². The summed E-state index contributed by atoms with van der Waals surface area (Å²) in [6, 6.07) is 5.19. The van der Waals surface area contributed by atoms with Crippen LogP contribution < -0.4 is 10.5 Å². The fraction of sp³-hybridized carbons (Fsp3) is 0.467. The second-order valence-electron chi connectivity index (χ2n) is 6.43. The number of fused-ring (bicyclic) bond motifs is 1. The van der Waals surface area contributed by atoms with E-state index in [1.54, 1.807) is 18.2 Å². The van der Waals surface area contributed by atoms with Gasteiger partial charge in [-0.3, -0.25) is 0 Å². The van der Waals surface area contributed by atoms with Gasteiger partial charge in [-0.1, -0.05) is 27.7 Å². The molecule has 6 heteroatoms. The molecule has 4 N–H and O–H groups in total. The maximum absolute atomic E-state index is 12.5. The van der Waals surface area contributed by atoms with E-state index in [1.165, 1.54) is 6.20 Å². The van der Waals surface area contributed by atoms with Crippen LogP contribution in [0.4, 0.5) is 5.69 Å². The molecule has 0 saturated carbocycles. The minimum absolute atomic E-state index is 0.113. The molecule has 2 aromatic rings. The monoisotopic (exact) mass is 309 g/mol. The van der Waals surface area contributed by atoms with E-state index < -0.39 is 10.0 Å². The van der Waals surface area contributed by atoms with Crippen LogP contribution in [0.1, 0.15) is 27.7 Å². The number of rotatable bonds is 5. The molecule has 2 rings (SSSR count). The molecule has 0 atom stereocenters. The van der Waals surface area contributed by atoms with Gasteiger partial charge < -0.3 is 10.7 Å². The van der Waals surface area contributed by atoms with Gasteiger partial charge in [-0.05, 0) is 29.5 Å². The van der Waals surface area contributed by atoms with Crippen molar-refractivity contribution in [2.75, 3.05) is 12.3 Å². The van der Waals surface area contributed by atoms with Crippen LogP contribution in [0.15, 0.2) is 29.3 Å². The smallest absolute Gasteiger partial charge is 0.242 e. The number of nitrogen functional groups attached to an aromatic ring is 1. The first-order chi connectivity index (χ1) is 9.63. The van der Waals surface area contributed by atoms with E-state index in [-0.39, 0.29) is 10.3 Å². The maximum Gasteiger partial charge on any atom is 0.242 e. The van der Waals surface area contributed by atoms with E-state index in [9.17, 15) is 8.42 Å². The van der Waals surface area contributed by atoms with Crippen LogP contribution in [0.5, 0.6) is 0 Å². The van der Waals surface area contributed by atoms with Crippen molar-refractivity contribution in [3.63, 3.8) is 0 Å². The molecule has 1 aromatic carbocycles. The van der Waals surface area contributed by atoms with Crippen LogP contribution in [-0.4, -0.2) is 19.9 Å². The number of anilines is 1. The van der Waals surface area contributed by atoms with E-state index in [4.69, 9.17) is 5.73 Å². The molecule has 21 heavy (non-hydrogen) atoms. The minimum Gasteiger partial charge on any atom is -0.399 e. The van der Waals surface area contributed by atoms with Gasteiger partial charge in [-0.25, -0.2) is 13.1 Å². The van der Waals surface area contributed by atoms with E-state index in [2.05, 4.69) is 23.6 Å². The Balaban J connectivity index is 2.32. The van der Waals surface area contributed by atoms with Crippen LogP contribution in [0.2, 0.25) is 0 Å². The zero-order valence-electron chi connectivity index (χ0n) is 12.9. The molecule has 1 aromatic heterocycles. The molecule has 5 nitrogen and oxygen atoms in total. The number of sulfonamides is 1. The molecular weight excluding hydrogens is 286 g/mol. The van der Waals surface area contributed by atoms with Crippen LogP contribution in [0.3, 0.4) is 0 Å². The number of aromatic amines is 1. The summed E-state index contributed by atoms with van der Waals surface area (Å²) in [6.45, 7) is 8.66. The Kier molecular flexibility index (Phi) is 4.04. The Bertz CT molecular complexity index is 745. The lowest BCUT2D eigenvalue weighted by Crippen LogP contribution is -2.36. The normalized spacial score (nSPS) is 13.2. The number of benzene rings is 1. The third-order valence-corrected chi connectivity index (χ3v) is 5.68. The number of nitrogens with two attached hydrogens (primary N) is 1. The topological polar surface area (TPSA) is 88.0 Å². The first-order valence-electron chi connectivity index (χ1n) is 7.00. The lowest BCUT2D eigenvalue weighted by molar-refractivity contribution is 0.252. The Hall–Kier alpha value is -1.53. The summed E-state index contributed by atoms with van der Waals surface area (Å²) in [4.78, 5) is 3.21. The number of nitrogens with one attached hydrogen (secondary N) is 2. The Morgan fingerprint density at radius 2 is 2.00 bits per heavy atom. The molecule has 0 aliphatic rings. The number of H-pyrrole nitrogens is 1. The number of hydrogen-bond acceptors (Lipinski definition) is 3. The van der Waals surface area contributed by atoms with Crippen molar-refractivity contribution in [2.24, 2.45) is 11.3 Å². The van der Waals surface area contributed by atoms with Crippen LogP contribution in [0.25, 0.3) is 10.9 Å². The molecule has 0 amide bonds. The molecule has 0 aliphatic heterocycles. The van der Waals surface area contributed by atoms with E-state index >= 15 is 0 Å². The largest absolute Gasteiger partial charge is 0.399 e. The van der Waals surface area contributed by atoms with Crippen molar-refractivity contribution in [1.29, 1.82) is 0 Å². The highest BCUT2D eigenvalue weighted by atomic mass is 32.2. The summed E-state index contributed by atoms with van der Waals surface area (Å²) in [6.07, 6.45) is 1.51. The maximum atomic E-state index is 12.5. The zero-order chi connectivity index (χ0) is 15.8. The first-order valence-corrected chi connectivity index (χ1v) is 8.48. The van der Waals surface area contributed by atoms with Gasteiger partial charge in [-0.15, -0.1) is 0 Å². The molecule has 0 bridgehead atoms. The summed E-state index contributed by atoms with van der Waals surface area (Å²) in [5, 5.41) is 0.616. The number of hydrogen-bond donors (Lipinski definition) is 3. The van der Waals surface area contributed by atoms with Crippen molar-refractivity contribution >= 4 is 26.6 Å². The molecule has 116 valence electrons. The second kappa shape index (κ2) is 5.35. The van der Waals surface area contributed by atoms with Crippen molar-refractivity contribution in [2.45, 2.75) is 32.6 Å². The predicted octanol–water partition coefficient (Wildman–Crippen LogP) is 2.71. The van der Waals surface area contributed by atoms with Crippen LogP contribution in [0, 0.1) is 11.3 Å². The molecule has 1 heterocycles. The highest BCUT2D eigenvalue weighted by Gasteiger charge is 2.26. The van der Waals surface area contributed by atoms with E-state index in [0.29, 0.717) is 23.5 Å².